The first-order valence-electron chi connectivity index (χ1n) is 9.85. The van der Waals surface area contributed by atoms with Crippen LogP contribution in [-0.2, 0) is 5.75 Å². The Labute approximate surface area is 186 Å². The van der Waals surface area contributed by atoms with Crippen molar-refractivity contribution in [3.05, 3.63) is 104 Å². The highest BCUT2D eigenvalue weighted by Crippen LogP contribution is 2.27. The number of aromatic nitrogens is 4. The molecule has 3 aromatic carbocycles. The number of nitrogens with zero attached hydrogens (tertiary/aromatic N) is 5. The van der Waals surface area contributed by atoms with E-state index in [1.54, 1.807) is 22.8 Å². The SMILES string of the molecule is Cc1ccccc1-n1c(=O)c2ccccc2n2c(SCc3cccc([N+](=O)[O-])c3)nnc12. The Morgan fingerprint density at radius 2 is 1.78 bits per heavy atom. The van der Waals surface area contributed by atoms with E-state index < -0.39 is 4.92 Å². The van der Waals surface area contributed by atoms with Crippen LogP contribution in [0.3, 0.4) is 0 Å². The van der Waals surface area contributed by atoms with E-state index in [-0.39, 0.29) is 11.2 Å². The van der Waals surface area contributed by atoms with Gasteiger partial charge in [0.2, 0.25) is 5.78 Å². The molecule has 0 saturated heterocycles. The first-order chi connectivity index (χ1) is 15.5. The third-order valence-electron chi connectivity index (χ3n) is 5.24. The molecule has 0 aliphatic rings. The minimum absolute atomic E-state index is 0.0491. The maximum Gasteiger partial charge on any atom is 0.269 e. The Hall–Kier alpha value is -3.98. The minimum atomic E-state index is -0.408. The van der Waals surface area contributed by atoms with Crippen LogP contribution in [0.5, 0.6) is 0 Å². The zero-order valence-corrected chi connectivity index (χ0v) is 17.8. The van der Waals surface area contributed by atoms with Gasteiger partial charge in [0.15, 0.2) is 5.16 Å². The summed E-state index contributed by atoms with van der Waals surface area (Å²) < 4.78 is 3.45. The van der Waals surface area contributed by atoms with Crippen LogP contribution in [0, 0.1) is 17.0 Å². The molecule has 0 atom stereocenters. The fourth-order valence-corrected chi connectivity index (χ4v) is 4.59. The molecule has 0 spiro atoms. The molecule has 5 rings (SSSR count). The van der Waals surface area contributed by atoms with Crippen molar-refractivity contribution in [2.75, 3.05) is 0 Å². The number of aryl methyl sites for hydroxylation is 1. The lowest BCUT2D eigenvalue weighted by molar-refractivity contribution is -0.384. The van der Waals surface area contributed by atoms with Crippen LogP contribution in [0.25, 0.3) is 22.4 Å². The third-order valence-corrected chi connectivity index (χ3v) is 6.24. The molecule has 0 unspecified atom stereocenters. The van der Waals surface area contributed by atoms with Crippen LogP contribution in [0.15, 0.2) is 82.7 Å². The molecule has 2 aromatic heterocycles. The van der Waals surface area contributed by atoms with Crippen molar-refractivity contribution in [1.82, 2.24) is 19.2 Å². The van der Waals surface area contributed by atoms with Crippen molar-refractivity contribution in [2.45, 2.75) is 17.8 Å². The summed E-state index contributed by atoms with van der Waals surface area (Å²) in [4.78, 5) is 24.1. The second-order valence-electron chi connectivity index (χ2n) is 7.28. The van der Waals surface area contributed by atoms with Crippen molar-refractivity contribution in [3.8, 4) is 5.69 Å². The third kappa shape index (κ3) is 3.32. The Bertz CT molecular complexity index is 1560. The standard InChI is InChI=1S/C23H17N5O3S/c1-15-7-2-4-11-19(15)26-21(29)18-10-3-5-12-20(18)27-22(26)24-25-23(27)32-14-16-8-6-9-17(13-16)28(30)31/h2-13H,14H2,1H3. The number of nitro benzene ring substituents is 1. The van der Waals surface area contributed by atoms with E-state index in [4.69, 9.17) is 0 Å². The van der Waals surface area contributed by atoms with Gasteiger partial charge in [0.05, 0.1) is 21.5 Å². The zero-order chi connectivity index (χ0) is 22.2. The molecular weight excluding hydrogens is 426 g/mol. The molecule has 32 heavy (non-hydrogen) atoms. The number of fused-ring (bicyclic) bond motifs is 3. The van der Waals surface area contributed by atoms with Crippen LogP contribution in [0.1, 0.15) is 11.1 Å². The lowest BCUT2D eigenvalue weighted by Crippen LogP contribution is -2.22. The fourth-order valence-electron chi connectivity index (χ4n) is 3.71. The summed E-state index contributed by atoms with van der Waals surface area (Å²) in [6.45, 7) is 1.95. The Balaban J connectivity index is 1.68. The number of non-ortho nitro benzene ring substituents is 1. The molecule has 0 N–H and O–H groups in total. The number of benzene rings is 3. The molecule has 0 aliphatic heterocycles. The van der Waals surface area contributed by atoms with Crippen molar-refractivity contribution in [3.63, 3.8) is 0 Å². The largest absolute Gasteiger partial charge is 0.269 e. The maximum absolute atomic E-state index is 13.4. The second kappa shape index (κ2) is 7.93. The highest BCUT2D eigenvalue weighted by molar-refractivity contribution is 7.98. The summed E-state index contributed by atoms with van der Waals surface area (Å²) in [6.07, 6.45) is 0. The van der Waals surface area contributed by atoms with Gasteiger partial charge in [-0.3, -0.25) is 19.3 Å². The molecule has 0 aliphatic carbocycles. The molecule has 0 fully saturated rings. The Kier molecular flexibility index (Phi) is 4.95. The van der Waals surface area contributed by atoms with E-state index in [0.29, 0.717) is 27.6 Å². The predicted molar refractivity (Wildman–Crippen MR) is 123 cm³/mol. The number of thioether (sulfide) groups is 1. The monoisotopic (exact) mass is 443 g/mol. The highest BCUT2D eigenvalue weighted by Gasteiger charge is 2.19. The van der Waals surface area contributed by atoms with Crippen molar-refractivity contribution in [2.24, 2.45) is 0 Å². The first kappa shape index (κ1) is 20.0. The van der Waals surface area contributed by atoms with Gasteiger partial charge in [0.25, 0.3) is 11.2 Å². The topological polar surface area (TPSA) is 95.3 Å². The van der Waals surface area contributed by atoms with Gasteiger partial charge >= 0.3 is 0 Å². The van der Waals surface area contributed by atoms with Gasteiger partial charge in [-0.15, -0.1) is 10.2 Å². The molecule has 0 bridgehead atoms. The number of hydrogen-bond donors (Lipinski definition) is 0. The van der Waals surface area contributed by atoms with Gasteiger partial charge in [0.1, 0.15) is 0 Å². The van der Waals surface area contributed by atoms with Gasteiger partial charge in [-0.2, -0.15) is 0 Å². The average molecular weight is 443 g/mol. The van der Waals surface area contributed by atoms with Crippen molar-refractivity contribution < 1.29 is 4.92 Å². The van der Waals surface area contributed by atoms with E-state index in [9.17, 15) is 14.9 Å². The van der Waals surface area contributed by atoms with E-state index in [0.717, 1.165) is 16.8 Å². The van der Waals surface area contributed by atoms with E-state index in [1.165, 1.54) is 17.8 Å². The quantitative estimate of drug-likeness (QED) is 0.225. The van der Waals surface area contributed by atoms with Crippen molar-refractivity contribution in [1.29, 1.82) is 0 Å². The molecule has 158 valence electrons. The molecule has 0 radical (unpaired) electrons. The van der Waals surface area contributed by atoms with Gasteiger partial charge in [-0.25, -0.2) is 4.57 Å². The lowest BCUT2D eigenvalue weighted by Gasteiger charge is -2.13. The van der Waals surface area contributed by atoms with Gasteiger partial charge in [-0.1, -0.05) is 54.2 Å². The summed E-state index contributed by atoms with van der Waals surface area (Å²) in [5, 5.41) is 20.9. The number of nitro groups is 1. The summed E-state index contributed by atoms with van der Waals surface area (Å²) in [5.41, 5.74) is 3.09. The molecule has 9 heteroatoms. The van der Waals surface area contributed by atoms with Crippen LogP contribution in [0.4, 0.5) is 5.69 Å². The number of rotatable bonds is 5. The van der Waals surface area contributed by atoms with E-state index >= 15 is 0 Å². The van der Waals surface area contributed by atoms with Crippen LogP contribution in [0.2, 0.25) is 0 Å². The fraction of sp³-hybridized carbons (Fsp3) is 0.0870. The lowest BCUT2D eigenvalue weighted by atomic mass is 10.2. The average Bonchev–Trinajstić information content (AvgIpc) is 3.23. The van der Waals surface area contributed by atoms with Gasteiger partial charge < -0.3 is 0 Å². The molecular formula is C23H17N5O3S. The highest BCUT2D eigenvalue weighted by atomic mass is 32.2. The smallest absolute Gasteiger partial charge is 0.268 e. The van der Waals surface area contributed by atoms with Gasteiger partial charge in [-0.05, 0) is 36.2 Å². The summed E-state index contributed by atoms with van der Waals surface area (Å²) in [5.74, 6) is 0.893. The van der Waals surface area contributed by atoms with E-state index in [1.807, 2.05) is 59.9 Å². The molecule has 0 amide bonds. The second-order valence-corrected chi connectivity index (χ2v) is 8.22. The van der Waals surface area contributed by atoms with Crippen LogP contribution in [-0.4, -0.2) is 24.1 Å². The Morgan fingerprint density at radius 1 is 1.00 bits per heavy atom. The Morgan fingerprint density at radius 3 is 2.59 bits per heavy atom. The minimum Gasteiger partial charge on any atom is -0.268 e. The summed E-state index contributed by atoms with van der Waals surface area (Å²) in [6, 6.07) is 21.5. The summed E-state index contributed by atoms with van der Waals surface area (Å²) in [7, 11) is 0. The molecule has 8 nitrogen and oxygen atoms in total. The molecule has 2 heterocycles. The van der Waals surface area contributed by atoms with E-state index in [2.05, 4.69) is 10.2 Å². The van der Waals surface area contributed by atoms with Crippen molar-refractivity contribution >= 4 is 34.1 Å². The predicted octanol–water partition coefficient (Wildman–Crippen LogP) is 4.54. The normalized spacial score (nSPS) is 11.3. The molecule has 5 aromatic rings. The number of hydrogen-bond acceptors (Lipinski definition) is 6. The molecule has 0 saturated carbocycles. The van der Waals surface area contributed by atoms with Crippen LogP contribution >= 0.6 is 11.8 Å². The number of para-hydroxylation sites is 2. The first-order valence-corrected chi connectivity index (χ1v) is 10.8. The summed E-state index contributed by atoms with van der Waals surface area (Å²) >= 11 is 1.41. The van der Waals surface area contributed by atoms with Crippen LogP contribution < -0.4 is 5.56 Å². The zero-order valence-electron chi connectivity index (χ0n) is 17.0. The van der Waals surface area contributed by atoms with Gasteiger partial charge in [0, 0.05) is 17.9 Å². The maximum atomic E-state index is 13.4.